The van der Waals surface area contributed by atoms with Gasteiger partial charge in [-0.15, -0.1) is 11.3 Å². The van der Waals surface area contributed by atoms with Crippen molar-refractivity contribution in [1.29, 1.82) is 0 Å². The molecule has 1 N–H and O–H groups in total. The monoisotopic (exact) mass is 325 g/mol. The van der Waals surface area contributed by atoms with E-state index in [1.165, 1.54) is 10.4 Å². The Morgan fingerprint density at radius 1 is 1.28 bits per heavy atom. The van der Waals surface area contributed by atoms with Crippen molar-refractivity contribution in [3.63, 3.8) is 0 Å². The molecule has 0 spiro atoms. The molecular weight excluding hydrogens is 310 g/mol. The third kappa shape index (κ3) is 3.13. The topological polar surface area (TPSA) is 21.3 Å². The van der Waals surface area contributed by atoms with Crippen molar-refractivity contribution in [2.45, 2.75) is 12.5 Å². The number of para-hydroxylation sites is 1. The maximum Gasteiger partial charge on any atom is 0.122 e. The van der Waals surface area contributed by atoms with Crippen LogP contribution in [0.15, 0.2) is 40.2 Å². The predicted octanol–water partition coefficient (Wildman–Crippen LogP) is 4.02. The van der Waals surface area contributed by atoms with Gasteiger partial charge in [0.2, 0.25) is 0 Å². The van der Waals surface area contributed by atoms with Crippen LogP contribution in [0.5, 0.6) is 5.75 Å². The minimum atomic E-state index is 0.317. The highest BCUT2D eigenvalue weighted by Gasteiger charge is 2.14. The molecule has 0 aliphatic rings. The highest BCUT2D eigenvalue weighted by molar-refractivity contribution is 9.11. The van der Waals surface area contributed by atoms with E-state index in [0.29, 0.717) is 6.04 Å². The van der Waals surface area contributed by atoms with Gasteiger partial charge in [-0.2, -0.15) is 0 Å². The van der Waals surface area contributed by atoms with Crippen LogP contribution in [-0.4, -0.2) is 14.2 Å². The van der Waals surface area contributed by atoms with Gasteiger partial charge in [0.25, 0.3) is 0 Å². The molecule has 0 fully saturated rings. The molecule has 0 aliphatic carbocycles. The third-order valence-corrected chi connectivity index (χ3v) is 4.64. The van der Waals surface area contributed by atoms with E-state index in [0.717, 1.165) is 16.0 Å². The number of ether oxygens (including phenoxy) is 1. The molecule has 1 aromatic carbocycles. The molecule has 2 rings (SSSR count). The Bertz CT molecular complexity index is 512. The van der Waals surface area contributed by atoms with Gasteiger partial charge in [0.1, 0.15) is 5.75 Å². The average molecular weight is 326 g/mol. The summed E-state index contributed by atoms with van der Waals surface area (Å²) < 4.78 is 6.56. The molecule has 2 nitrogen and oxygen atoms in total. The van der Waals surface area contributed by atoms with Crippen molar-refractivity contribution in [2.75, 3.05) is 14.2 Å². The molecule has 4 heteroatoms. The molecular formula is C14H16BrNOS. The first-order valence-corrected chi connectivity index (χ1v) is 7.40. The van der Waals surface area contributed by atoms with E-state index in [-0.39, 0.29) is 0 Å². The number of hydrogen-bond acceptors (Lipinski definition) is 3. The quantitative estimate of drug-likeness (QED) is 0.896. The number of methoxy groups -OCH3 is 1. The summed E-state index contributed by atoms with van der Waals surface area (Å²) in [6.45, 7) is 0. The van der Waals surface area contributed by atoms with Crippen molar-refractivity contribution < 1.29 is 4.74 Å². The first kappa shape index (κ1) is 13.6. The van der Waals surface area contributed by atoms with Gasteiger partial charge in [0.15, 0.2) is 0 Å². The van der Waals surface area contributed by atoms with Gasteiger partial charge in [-0.05, 0) is 53.2 Å². The molecule has 0 amide bonds. The van der Waals surface area contributed by atoms with Gasteiger partial charge in [-0.1, -0.05) is 18.2 Å². The molecule has 1 unspecified atom stereocenters. The van der Waals surface area contributed by atoms with Gasteiger partial charge in [-0.3, -0.25) is 0 Å². The van der Waals surface area contributed by atoms with E-state index in [4.69, 9.17) is 4.74 Å². The lowest BCUT2D eigenvalue weighted by Gasteiger charge is -2.16. The standard InChI is InChI=1S/C14H16BrNOS/c1-16-11(13-7-8-14(15)18-13)9-10-5-3-4-6-12(10)17-2/h3-8,11,16H,9H2,1-2H3. The minimum Gasteiger partial charge on any atom is -0.496 e. The Morgan fingerprint density at radius 3 is 2.67 bits per heavy atom. The van der Waals surface area contributed by atoms with E-state index in [2.05, 4.69) is 45.5 Å². The van der Waals surface area contributed by atoms with Crippen molar-refractivity contribution in [2.24, 2.45) is 0 Å². The van der Waals surface area contributed by atoms with E-state index < -0.39 is 0 Å². The molecule has 1 heterocycles. The smallest absolute Gasteiger partial charge is 0.122 e. The molecule has 18 heavy (non-hydrogen) atoms. The molecule has 1 atom stereocenters. The van der Waals surface area contributed by atoms with Crippen molar-refractivity contribution >= 4 is 27.3 Å². The number of likely N-dealkylation sites (N-methyl/N-ethyl adjacent to an activating group) is 1. The van der Waals surface area contributed by atoms with Crippen LogP contribution in [0.4, 0.5) is 0 Å². The predicted molar refractivity (Wildman–Crippen MR) is 80.5 cm³/mol. The Morgan fingerprint density at radius 2 is 2.06 bits per heavy atom. The zero-order chi connectivity index (χ0) is 13.0. The maximum absolute atomic E-state index is 5.40. The Kier molecular flexibility index (Phi) is 4.80. The summed E-state index contributed by atoms with van der Waals surface area (Å²) in [6, 6.07) is 12.7. The number of nitrogens with one attached hydrogen (secondary N) is 1. The van der Waals surface area contributed by atoms with Crippen LogP contribution in [-0.2, 0) is 6.42 Å². The van der Waals surface area contributed by atoms with Crippen LogP contribution >= 0.6 is 27.3 Å². The summed E-state index contributed by atoms with van der Waals surface area (Å²) >= 11 is 5.28. The summed E-state index contributed by atoms with van der Waals surface area (Å²) in [6.07, 6.45) is 0.924. The second-order valence-electron chi connectivity index (χ2n) is 4.00. The van der Waals surface area contributed by atoms with E-state index in [1.54, 1.807) is 18.4 Å². The van der Waals surface area contributed by atoms with Crippen LogP contribution in [0.1, 0.15) is 16.5 Å². The van der Waals surface area contributed by atoms with Crippen LogP contribution < -0.4 is 10.1 Å². The average Bonchev–Trinajstić information content (AvgIpc) is 2.83. The highest BCUT2D eigenvalue weighted by atomic mass is 79.9. The summed E-state index contributed by atoms with van der Waals surface area (Å²) in [4.78, 5) is 1.33. The molecule has 0 aliphatic heterocycles. The second kappa shape index (κ2) is 6.36. The van der Waals surface area contributed by atoms with Gasteiger partial charge >= 0.3 is 0 Å². The van der Waals surface area contributed by atoms with E-state index >= 15 is 0 Å². The Balaban J connectivity index is 2.20. The first-order valence-electron chi connectivity index (χ1n) is 5.79. The van der Waals surface area contributed by atoms with Gasteiger partial charge in [0, 0.05) is 10.9 Å². The SMILES string of the molecule is CNC(Cc1ccccc1OC)c1ccc(Br)s1. The lowest BCUT2D eigenvalue weighted by molar-refractivity contribution is 0.406. The largest absolute Gasteiger partial charge is 0.496 e. The highest BCUT2D eigenvalue weighted by Crippen LogP contribution is 2.31. The van der Waals surface area contributed by atoms with Gasteiger partial charge < -0.3 is 10.1 Å². The lowest BCUT2D eigenvalue weighted by atomic mass is 10.0. The zero-order valence-electron chi connectivity index (χ0n) is 10.4. The fourth-order valence-corrected chi connectivity index (χ4v) is 3.49. The molecule has 96 valence electrons. The van der Waals surface area contributed by atoms with Crippen molar-refractivity contribution in [1.82, 2.24) is 5.32 Å². The molecule has 0 saturated heterocycles. The van der Waals surface area contributed by atoms with Crippen LogP contribution in [0.25, 0.3) is 0 Å². The summed E-state index contributed by atoms with van der Waals surface area (Å²) in [5, 5.41) is 3.37. The van der Waals surface area contributed by atoms with Gasteiger partial charge in [-0.25, -0.2) is 0 Å². The van der Waals surface area contributed by atoms with E-state index in [9.17, 15) is 0 Å². The van der Waals surface area contributed by atoms with Crippen LogP contribution in [0, 0.1) is 0 Å². The summed E-state index contributed by atoms with van der Waals surface area (Å²) in [5.74, 6) is 0.952. The molecule has 0 radical (unpaired) electrons. The lowest BCUT2D eigenvalue weighted by Crippen LogP contribution is -2.18. The maximum atomic E-state index is 5.40. The number of hydrogen-bond donors (Lipinski definition) is 1. The number of thiophene rings is 1. The third-order valence-electron chi connectivity index (χ3n) is 2.90. The zero-order valence-corrected chi connectivity index (χ0v) is 12.8. The van der Waals surface area contributed by atoms with Gasteiger partial charge in [0.05, 0.1) is 10.9 Å². The minimum absolute atomic E-state index is 0.317. The number of halogens is 1. The summed E-state index contributed by atoms with van der Waals surface area (Å²) in [5.41, 5.74) is 1.23. The van der Waals surface area contributed by atoms with Crippen LogP contribution in [0.2, 0.25) is 0 Å². The van der Waals surface area contributed by atoms with Crippen molar-refractivity contribution in [3.8, 4) is 5.75 Å². The Hall–Kier alpha value is -0.840. The summed E-state index contributed by atoms with van der Waals surface area (Å²) in [7, 11) is 3.71. The first-order chi connectivity index (χ1) is 8.74. The number of benzene rings is 1. The van der Waals surface area contributed by atoms with E-state index in [1.807, 2.05) is 19.2 Å². The molecule has 1 aromatic heterocycles. The fourth-order valence-electron chi connectivity index (χ4n) is 1.95. The normalized spacial score (nSPS) is 12.4. The molecule has 0 bridgehead atoms. The fraction of sp³-hybridized carbons (Fsp3) is 0.286. The number of rotatable bonds is 5. The van der Waals surface area contributed by atoms with Crippen LogP contribution in [0.3, 0.4) is 0 Å². The second-order valence-corrected chi connectivity index (χ2v) is 6.49. The molecule has 0 saturated carbocycles. The Labute approximate surface area is 120 Å². The molecule has 2 aromatic rings. The van der Waals surface area contributed by atoms with Crippen molar-refractivity contribution in [3.05, 3.63) is 50.6 Å².